The Morgan fingerprint density at radius 1 is 0.968 bits per heavy atom. The Bertz CT molecular complexity index is 1110. The van der Waals surface area contributed by atoms with Crippen molar-refractivity contribution in [1.29, 1.82) is 0 Å². The predicted octanol–water partition coefficient (Wildman–Crippen LogP) is 4.34. The van der Waals surface area contributed by atoms with Crippen molar-refractivity contribution in [3.8, 4) is 0 Å². The number of amides is 2. The first kappa shape index (κ1) is 20.3. The van der Waals surface area contributed by atoms with Gasteiger partial charge in [-0.3, -0.25) is 9.59 Å². The first-order valence-electron chi connectivity index (χ1n) is 10.9. The van der Waals surface area contributed by atoms with Crippen LogP contribution < -0.4 is 0 Å². The minimum absolute atomic E-state index is 0.0650. The number of hydrogen-bond acceptors (Lipinski definition) is 4. The van der Waals surface area contributed by atoms with E-state index in [-0.39, 0.29) is 11.8 Å². The van der Waals surface area contributed by atoms with Gasteiger partial charge in [0.15, 0.2) is 10.4 Å². The Hall–Kier alpha value is -2.61. The van der Waals surface area contributed by atoms with E-state index in [0.717, 1.165) is 44.3 Å². The third kappa shape index (κ3) is 4.01. The molecular formula is C23H25BrN4O3. The lowest BCUT2D eigenvalue weighted by molar-refractivity contribution is 0.0678. The molecule has 3 aromatic rings. The summed E-state index contributed by atoms with van der Waals surface area (Å²) in [5.41, 5.74) is 2.75. The molecule has 0 bridgehead atoms. The first-order chi connectivity index (χ1) is 15.1. The molecule has 0 atom stereocenters. The second-order valence-electron chi connectivity index (χ2n) is 8.37. The molecule has 7 nitrogen and oxygen atoms in total. The van der Waals surface area contributed by atoms with Crippen molar-refractivity contribution in [1.82, 2.24) is 19.4 Å². The molecule has 2 aliphatic heterocycles. The molecule has 0 radical (unpaired) electrons. The zero-order chi connectivity index (χ0) is 21.4. The maximum absolute atomic E-state index is 13.0. The molecule has 2 saturated heterocycles. The summed E-state index contributed by atoms with van der Waals surface area (Å²) in [4.78, 5) is 29.5. The molecule has 8 heteroatoms. The largest absolute Gasteiger partial charge is 0.444 e. The summed E-state index contributed by atoms with van der Waals surface area (Å²) in [6, 6.07) is 7.63. The Morgan fingerprint density at radius 3 is 2.42 bits per heavy atom. The zero-order valence-corrected chi connectivity index (χ0v) is 18.9. The lowest BCUT2D eigenvalue weighted by atomic mass is 9.89. The fourth-order valence-electron chi connectivity index (χ4n) is 4.68. The number of nitrogens with zero attached hydrogens (tertiary/aromatic N) is 4. The van der Waals surface area contributed by atoms with Gasteiger partial charge in [-0.2, -0.15) is 5.10 Å². The average molecular weight is 485 g/mol. The van der Waals surface area contributed by atoms with Crippen LogP contribution in [-0.4, -0.2) is 57.4 Å². The van der Waals surface area contributed by atoms with Crippen molar-refractivity contribution in [2.75, 3.05) is 26.2 Å². The lowest BCUT2D eigenvalue weighted by Gasteiger charge is -2.31. The van der Waals surface area contributed by atoms with E-state index >= 15 is 0 Å². The van der Waals surface area contributed by atoms with Crippen LogP contribution in [0.15, 0.2) is 45.7 Å². The van der Waals surface area contributed by atoms with Gasteiger partial charge in [-0.1, -0.05) is 0 Å². The van der Waals surface area contributed by atoms with Crippen molar-refractivity contribution >= 4 is 33.3 Å². The minimum atomic E-state index is -0.0650. The van der Waals surface area contributed by atoms with Crippen LogP contribution in [0.3, 0.4) is 0 Å². The Kier molecular flexibility index (Phi) is 5.56. The molecule has 162 valence electrons. The summed E-state index contributed by atoms with van der Waals surface area (Å²) >= 11 is 3.25. The molecule has 3 aromatic heterocycles. The molecular weight excluding hydrogens is 460 g/mol. The summed E-state index contributed by atoms with van der Waals surface area (Å²) in [7, 11) is 0. The van der Waals surface area contributed by atoms with Crippen molar-refractivity contribution in [3.63, 3.8) is 0 Å². The van der Waals surface area contributed by atoms with Gasteiger partial charge in [-0.05, 0) is 83.8 Å². The number of halogens is 1. The summed E-state index contributed by atoms with van der Waals surface area (Å²) in [5.74, 6) is 0.735. The van der Waals surface area contributed by atoms with Gasteiger partial charge in [0, 0.05) is 32.4 Å². The van der Waals surface area contributed by atoms with Crippen LogP contribution in [0.5, 0.6) is 0 Å². The molecule has 0 spiro atoms. The van der Waals surface area contributed by atoms with E-state index in [4.69, 9.17) is 4.42 Å². The monoisotopic (exact) mass is 484 g/mol. The molecule has 2 fully saturated rings. The predicted molar refractivity (Wildman–Crippen MR) is 119 cm³/mol. The summed E-state index contributed by atoms with van der Waals surface area (Å²) in [5, 5.41) is 4.39. The third-order valence-corrected chi connectivity index (χ3v) is 6.88. The molecule has 0 unspecified atom stereocenters. The van der Waals surface area contributed by atoms with Gasteiger partial charge in [-0.25, -0.2) is 4.52 Å². The van der Waals surface area contributed by atoms with Crippen LogP contribution >= 0.6 is 15.9 Å². The van der Waals surface area contributed by atoms with E-state index in [9.17, 15) is 9.59 Å². The summed E-state index contributed by atoms with van der Waals surface area (Å²) < 4.78 is 7.77. The van der Waals surface area contributed by atoms with Crippen molar-refractivity contribution in [2.24, 2.45) is 0 Å². The number of aromatic nitrogens is 2. The highest BCUT2D eigenvalue weighted by atomic mass is 79.9. The van der Waals surface area contributed by atoms with Crippen LogP contribution in [0, 0.1) is 0 Å². The van der Waals surface area contributed by atoms with Gasteiger partial charge in [-0.15, -0.1) is 0 Å². The molecule has 31 heavy (non-hydrogen) atoms. The number of pyridine rings is 1. The molecule has 0 N–H and O–H groups in total. The molecule has 2 aliphatic rings. The van der Waals surface area contributed by atoms with Crippen LogP contribution in [0.25, 0.3) is 5.52 Å². The first-order valence-corrected chi connectivity index (χ1v) is 11.7. The highest BCUT2D eigenvalue weighted by Gasteiger charge is 2.27. The summed E-state index contributed by atoms with van der Waals surface area (Å²) in [6.07, 6.45) is 8.74. The second kappa shape index (κ2) is 8.49. The normalized spacial score (nSPS) is 18.0. The quantitative estimate of drug-likeness (QED) is 0.554. The molecule has 0 aromatic carbocycles. The molecule has 2 amide bonds. The molecule has 0 aliphatic carbocycles. The zero-order valence-electron chi connectivity index (χ0n) is 17.3. The standard InChI is InChI=1S/C23H25BrN4O3/c24-21-5-4-20(31-21)23(30)27-11-6-16(7-12-27)17-8-13-28-19(14-17)18(15-25-28)22(29)26-9-2-1-3-10-26/h4-5,8,13-16H,1-3,6-7,9-12H2. The van der Waals surface area contributed by atoms with E-state index in [1.165, 1.54) is 12.0 Å². The molecule has 5 heterocycles. The number of likely N-dealkylation sites (tertiary alicyclic amines) is 2. The van der Waals surface area contributed by atoms with Crippen molar-refractivity contribution in [3.05, 3.63) is 58.2 Å². The van der Waals surface area contributed by atoms with Crippen LogP contribution in [0.4, 0.5) is 0 Å². The summed E-state index contributed by atoms with van der Waals surface area (Å²) in [6.45, 7) is 3.03. The Morgan fingerprint density at radius 2 is 1.71 bits per heavy atom. The van der Waals surface area contributed by atoms with Crippen LogP contribution in [0.2, 0.25) is 0 Å². The van der Waals surface area contributed by atoms with Gasteiger partial charge in [0.05, 0.1) is 17.3 Å². The molecule has 5 rings (SSSR count). The van der Waals surface area contributed by atoms with E-state index in [1.807, 2.05) is 16.0 Å². The minimum Gasteiger partial charge on any atom is -0.444 e. The number of fused-ring (bicyclic) bond motifs is 1. The lowest BCUT2D eigenvalue weighted by Crippen LogP contribution is -2.37. The number of furan rings is 1. The van der Waals surface area contributed by atoms with Gasteiger partial charge in [0.25, 0.3) is 11.8 Å². The highest BCUT2D eigenvalue weighted by molar-refractivity contribution is 9.10. The SMILES string of the molecule is O=C(c1ccc(Br)o1)N1CCC(c2ccn3ncc(C(=O)N4CCCCC4)c3c2)CC1. The van der Waals surface area contributed by atoms with Gasteiger partial charge in [0.1, 0.15) is 0 Å². The number of hydrogen-bond donors (Lipinski definition) is 0. The van der Waals surface area contributed by atoms with Crippen LogP contribution in [0.1, 0.15) is 64.5 Å². The van der Waals surface area contributed by atoms with E-state index in [2.05, 4.69) is 33.2 Å². The fraction of sp³-hybridized carbons (Fsp3) is 0.435. The fourth-order valence-corrected chi connectivity index (χ4v) is 4.99. The van der Waals surface area contributed by atoms with E-state index in [1.54, 1.807) is 22.8 Å². The van der Waals surface area contributed by atoms with Gasteiger partial charge < -0.3 is 14.2 Å². The van der Waals surface area contributed by atoms with E-state index < -0.39 is 0 Å². The van der Waals surface area contributed by atoms with Gasteiger partial charge >= 0.3 is 0 Å². The number of rotatable bonds is 3. The molecule has 0 saturated carbocycles. The maximum Gasteiger partial charge on any atom is 0.289 e. The third-order valence-electron chi connectivity index (χ3n) is 6.46. The smallest absolute Gasteiger partial charge is 0.289 e. The highest BCUT2D eigenvalue weighted by Crippen LogP contribution is 2.30. The Balaban J connectivity index is 1.31. The van der Waals surface area contributed by atoms with Crippen molar-refractivity contribution < 1.29 is 14.0 Å². The topological polar surface area (TPSA) is 71.1 Å². The van der Waals surface area contributed by atoms with Crippen LogP contribution in [-0.2, 0) is 0 Å². The van der Waals surface area contributed by atoms with Gasteiger partial charge in [0.2, 0.25) is 0 Å². The van der Waals surface area contributed by atoms with E-state index in [0.29, 0.717) is 35.0 Å². The maximum atomic E-state index is 13.0. The number of carbonyl (C=O) groups excluding carboxylic acids is 2. The van der Waals surface area contributed by atoms with Crippen molar-refractivity contribution in [2.45, 2.75) is 38.0 Å². The Labute approximate surface area is 189 Å². The number of piperidine rings is 2. The second-order valence-corrected chi connectivity index (χ2v) is 9.15. The average Bonchev–Trinajstić information content (AvgIpc) is 3.44. The number of carbonyl (C=O) groups is 2.